The summed E-state index contributed by atoms with van der Waals surface area (Å²) in [5.74, 6) is -0.914. The van der Waals surface area contributed by atoms with Gasteiger partial charge in [0.15, 0.2) is 18.7 Å². The standard InChI is InChI=1S/C63H116O15/c1-3-5-7-9-11-13-15-17-19-21-23-24-25-26-28-30-32-34-36-38-40-42-44-46-55(66)76-51(48-73-54(65)45-43-41-39-37-35-33-31-29-27-22-20-18-16-14-12-10-8-6-4-2)49-74-62-61(72)59(70)57(68)53(78-62)50-75-63-60(71)58(69)56(67)52(47-64)77-63/h18,20-21,23,51-53,56-64,67-72H,3-17,19,22,24-50H2,1-2H3/b20-18-,23-21-. The minimum atomic E-state index is -1.76. The molecule has 11 atom stereocenters. The maximum atomic E-state index is 13.1. The van der Waals surface area contributed by atoms with Gasteiger partial charge in [-0.15, -0.1) is 0 Å². The summed E-state index contributed by atoms with van der Waals surface area (Å²) in [5, 5.41) is 72.4. The van der Waals surface area contributed by atoms with Crippen molar-refractivity contribution in [3.05, 3.63) is 24.3 Å². The fourth-order valence-corrected chi connectivity index (χ4v) is 10.2. The number of unbranched alkanes of at least 4 members (excludes halogenated alkanes) is 34. The van der Waals surface area contributed by atoms with Gasteiger partial charge in [-0.25, -0.2) is 0 Å². The summed E-state index contributed by atoms with van der Waals surface area (Å²) < 4.78 is 33.8. The number of carbonyl (C=O) groups is 2. The maximum Gasteiger partial charge on any atom is 0.306 e. The fourth-order valence-electron chi connectivity index (χ4n) is 10.2. The van der Waals surface area contributed by atoms with Crippen molar-refractivity contribution in [1.82, 2.24) is 0 Å². The molecule has 11 unspecified atom stereocenters. The van der Waals surface area contributed by atoms with Crippen molar-refractivity contribution in [3.63, 3.8) is 0 Å². The van der Waals surface area contributed by atoms with Crippen molar-refractivity contribution < 1.29 is 73.8 Å². The number of rotatable bonds is 52. The lowest BCUT2D eigenvalue weighted by molar-refractivity contribution is -0.332. The van der Waals surface area contributed by atoms with Gasteiger partial charge < -0.3 is 64.2 Å². The first kappa shape index (κ1) is 72.1. The molecule has 2 aliphatic heterocycles. The third kappa shape index (κ3) is 35.8. The van der Waals surface area contributed by atoms with E-state index in [2.05, 4.69) is 38.2 Å². The molecule has 15 heteroatoms. The van der Waals surface area contributed by atoms with Crippen molar-refractivity contribution in [1.29, 1.82) is 0 Å². The van der Waals surface area contributed by atoms with Crippen LogP contribution in [0.5, 0.6) is 0 Å². The third-order valence-corrected chi connectivity index (χ3v) is 15.4. The molecular weight excluding hydrogens is 997 g/mol. The van der Waals surface area contributed by atoms with Crippen LogP contribution in [0.4, 0.5) is 0 Å². The Balaban J connectivity index is 1.71. The highest BCUT2D eigenvalue weighted by Gasteiger charge is 2.47. The second-order valence-electron chi connectivity index (χ2n) is 22.6. The largest absolute Gasteiger partial charge is 0.462 e. The van der Waals surface area contributed by atoms with Gasteiger partial charge in [0, 0.05) is 12.8 Å². The normalized spacial score (nSPS) is 24.1. The average Bonchev–Trinajstić information content (AvgIpc) is 3.43. The predicted octanol–water partition coefficient (Wildman–Crippen LogP) is 11.8. The second-order valence-corrected chi connectivity index (χ2v) is 22.6. The van der Waals surface area contributed by atoms with E-state index in [1.807, 2.05) is 0 Å². The first-order valence-corrected chi connectivity index (χ1v) is 31.9. The van der Waals surface area contributed by atoms with E-state index in [4.69, 9.17) is 28.4 Å². The Labute approximate surface area is 473 Å². The fraction of sp³-hybridized carbons (Fsp3) is 0.905. The van der Waals surface area contributed by atoms with Gasteiger partial charge in [-0.3, -0.25) is 9.59 Å². The number of allylic oxidation sites excluding steroid dienone is 4. The number of esters is 2. The Morgan fingerprint density at radius 2 is 0.731 bits per heavy atom. The van der Waals surface area contributed by atoms with Gasteiger partial charge in [0.2, 0.25) is 0 Å². The van der Waals surface area contributed by atoms with Gasteiger partial charge in [0.25, 0.3) is 0 Å². The molecule has 0 aromatic rings. The second kappa shape index (κ2) is 49.6. The zero-order chi connectivity index (χ0) is 56.7. The molecule has 2 rings (SSSR count). The first-order valence-electron chi connectivity index (χ1n) is 31.9. The van der Waals surface area contributed by atoms with Gasteiger partial charge in [0.1, 0.15) is 55.4 Å². The summed E-state index contributed by atoms with van der Waals surface area (Å²) >= 11 is 0. The molecule has 2 saturated heterocycles. The number of hydrogen-bond acceptors (Lipinski definition) is 15. The molecule has 15 nitrogen and oxygen atoms in total. The molecule has 0 aromatic heterocycles. The molecule has 0 aliphatic carbocycles. The van der Waals surface area contributed by atoms with Crippen LogP contribution in [-0.2, 0) is 38.0 Å². The topological polar surface area (TPSA) is 231 Å². The molecular formula is C63H116O15. The van der Waals surface area contributed by atoms with Gasteiger partial charge in [-0.05, 0) is 64.2 Å². The van der Waals surface area contributed by atoms with E-state index in [0.717, 1.165) is 38.5 Å². The minimum Gasteiger partial charge on any atom is -0.462 e. The Kier molecular flexibility index (Phi) is 45.8. The van der Waals surface area contributed by atoms with Crippen LogP contribution < -0.4 is 0 Å². The molecule has 2 heterocycles. The Morgan fingerprint density at radius 1 is 0.397 bits per heavy atom. The molecule has 78 heavy (non-hydrogen) atoms. The Bertz CT molecular complexity index is 1450. The molecule has 0 radical (unpaired) electrons. The lowest BCUT2D eigenvalue weighted by Gasteiger charge is -2.42. The molecule has 7 N–H and O–H groups in total. The van der Waals surface area contributed by atoms with Crippen molar-refractivity contribution in [2.75, 3.05) is 26.4 Å². The van der Waals surface area contributed by atoms with Crippen LogP contribution in [0.25, 0.3) is 0 Å². The van der Waals surface area contributed by atoms with Crippen LogP contribution in [0.3, 0.4) is 0 Å². The van der Waals surface area contributed by atoms with E-state index >= 15 is 0 Å². The number of aliphatic hydroxyl groups is 7. The van der Waals surface area contributed by atoms with E-state index in [1.165, 1.54) is 193 Å². The highest BCUT2D eigenvalue weighted by molar-refractivity contribution is 5.70. The van der Waals surface area contributed by atoms with Crippen molar-refractivity contribution in [2.24, 2.45) is 0 Å². The quantitative estimate of drug-likeness (QED) is 0.0171. The molecule has 2 aliphatic rings. The van der Waals surface area contributed by atoms with Crippen LogP contribution in [0.1, 0.15) is 271 Å². The van der Waals surface area contributed by atoms with E-state index in [1.54, 1.807) is 0 Å². The smallest absolute Gasteiger partial charge is 0.306 e. The zero-order valence-electron chi connectivity index (χ0n) is 49.2. The zero-order valence-corrected chi connectivity index (χ0v) is 49.2. The van der Waals surface area contributed by atoms with Crippen LogP contribution in [0.2, 0.25) is 0 Å². The van der Waals surface area contributed by atoms with Gasteiger partial charge in [-0.1, -0.05) is 218 Å². The molecule has 2 fully saturated rings. The third-order valence-electron chi connectivity index (χ3n) is 15.4. The lowest BCUT2D eigenvalue weighted by Crippen LogP contribution is -2.61. The van der Waals surface area contributed by atoms with Crippen LogP contribution >= 0.6 is 0 Å². The summed E-state index contributed by atoms with van der Waals surface area (Å²) in [4.78, 5) is 26.0. The molecule has 0 saturated carbocycles. The van der Waals surface area contributed by atoms with Crippen molar-refractivity contribution >= 4 is 11.9 Å². The van der Waals surface area contributed by atoms with E-state index in [9.17, 15) is 45.3 Å². The summed E-state index contributed by atoms with van der Waals surface area (Å²) in [6.07, 6.45) is 39.1. The predicted molar refractivity (Wildman–Crippen MR) is 307 cm³/mol. The SMILES string of the molecule is CCCCCCCC/C=C\CCCCCCCCCCCC(=O)OCC(COC1OC(COC2OC(CO)C(O)C(O)C2O)C(O)C(O)C1O)OC(=O)CCCCCCCCCCCCC/C=C\CCCCCCCCCC. The van der Waals surface area contributed by atoms with Crippen LogP contribution in [0.15, 0.2) is 24.3 Å². The summed E-state index contributed by atoms with van der Waals surface area (Å²) in [6, 6.07) is 0. The first-order chi connectivity index (χ1) is 38.0. The van der Waals surface area contributed by atoms with Crippen LogP contribution in [-0.4, -0.2) is 142 Å². The Morgan fingerprint density at radius 3 is 1.13 bits per heavy atom. The van der Waals surface area contributed by atoms with Crippen molar-refractivity contribution in [3.8, 4) is 0 Å². The minimum absolute atomic E-state index is 0.167. The number of hydrogen-bond donors (Lipinski definition) is 7. The molecule has 0 amide bonds. The summed E-state index contributed by atoms with van der Waals surface area (Å²) in [6.45, 7) is 2.64. The summed E-state index contributed by atoms with van der Waals surface area (Å²) in [7, 11) is 0. The Hall–Kier alpha value is -2.02. The maximum absolute atomic E-state index is 13.1. The highest BCUT2D eigenvalue weighted by Crippen LogP contribution is 2.27. The number of carbonyl (C=O) groups excluding carboxylic acids is 2. The van der Waals surface area contributed by atoms with Crippen molar-refractivity contribution in [2.45, 2.75) is 338 Å². The molecule has 0 aromatic carbocycles. The van der Waals surface area contributed by atoms with Gasteiger partial charge in [-0.2, -0.15) is 0 Å². The van der Waals surface area contributed by atoms with E-state index < -0.39 is 92.7 Å². The summed E-state index contributed by atoms with van der Waals surface area (Å²) in [5.41, 5.74) is 0. The van der Waals surface area contributed by atoms with Crippen LogP contribution in [0, 0.1) is 0 Å². The number of aliphatic hydroxyl groups excluding tert-OH is 7. The monoisotopic (exact) mass is 1110 g/mol. The number of ether oxygens (including phenoxy) is 6. The van der Waals surface area contributed by atoms with Gasteiger partial charge >= 0.3 is 11.9 Å². The average molecular weight is 1110 g/mol. The van der Waals surface area contributed by atoms with E-state index in [-0.39, 0.29) is 26.1 Å². The lowest BCUT2D eigenvalue weighted by atomic mass is 9.98. The van der Waals surface area contributed by atoms with E-state index in [0.29, 0.717) is 12.8 Å². The molecule has 0 bridgehead atoms. The van der Waals surface area contributed by atoms with Gasteiger partial charge in [0.05, 0.1) is 19.8 Å². The highest BCUT2D eigenvalue weighted by atomic mass is 16.7. The molecule has 0 spiro atoms. The molecule has 458 valence electrons.